The molecule has 20 heavy (non-hydrogen) atoms. The Kier molecular flexibility index (Phi) is 3.51. The van der Waals surface area contributed by atoms with Gasteiger partial charge in [0.15, 0.2) is 0 Å². The molecule has 1 heterocycles. The van der Waals surface area contributed by atoms with Gasteiger partial charge in [0.1, 0.15) is 0 Å². The van der Waals surface area contributed by atoms with Gasteiger partial charge in [0.05, 0.1) is 5.69 Å². The van der Waals surface area contributed by atoms with E-state index in [0.29, 0.717) is 5.92 Å². The van der Waals surface area contributed by atoms with E-state index in [2.05, 4.69) is 67.4 Å². The van der Waals surface area contributed by atoms with Crippen molar-refractivity contribution in [3.63, 3.8) is 0 Å². The van der Waals surface area contributed by atoms with Crippen molar-refractivity contribution in [2.24, 2.45) is 5.92 Å². The highest BCUT2D eigenvalue weighted by Crippen LogP contribution is 2.33. The van der Waals surface area contributed by atoms with Gasteiger partial charge in [-0.3, -0.25) is 4.98 Å². The van der Waals surface area contributed by atoms with Crippen LogP contribution in [0.4, 0.5) is 0 Å². The lowest BCUT2D eigenvalue weighted by molar-refractivity contribution is 0.749. The summed E-state index contributed by atoms with van der Waals surface area (Å²) in [6, 6.07) is 14.7. The van der Waals surface area contributed by atoms with Gasteiger partial charge in [0, 0.05) is 6.20 Å². The van der Waals surface area contributed by atoms with Crippen molar-refractivity contribution in [2.45, 2.75) is 20.3 Å². The normalized spacial score (nSPS) is 18.4. The highest BCUT2D eigenvalue weighted by atomic mass is 14.7. The lowest BCUT2D eigenvalue weighted by atomic mass is 9.86. The fourth-order valence-electron chi connectivity index (χ4n) is 2.80. The molecular weight excluding hydrogens is 242 g/mol. The van der Waals surface area contributed by atoms with Gasteiger partial charge in [0.2, 0.25) is 0 Å². The van der Waals surface area contributed by atoms with E-state index < -0.39 is 0 Å². The minimum atomic E-state index is 0.548. The van der Waals surface area contributed by atoms with Crippen LogP contribution in [0.1, 0.15) is 30.2 Å². The Morgan fingerprint density at radius 3 is 2.60 bits per heavy atom. The second kappa shape index (κ2) is 5.46. The Morgan fingerprint density at radius 2 is 1.85 bits per heavy atom. The van der Waals surface area contributed by atoms with Crippen molar-refractivity contribution in [1.29, 1.82) is 0 Å². The topological polar surface area (TPSA) is 12.9 Å². The van der Waals surface area contributed by atoms with Crippen LogP contribution in [0.15, 0.2) is 60.8 Å². The summed E-state index contributed by atoms with van der Waals surface area (Å²) in [5, 5.41) is 0. The first-order valence-electron chi connectivity index (χ1n) is 7.14. The molecule has 0 aliphatic heterocycles. The molecule has 1 atom stereocenters. The van der Waals surface area contributed by atoms with E-state index in [9.17, 15) is 0 Å². The van der Waals surface area contributed by atoms with E-state index in [0.717, 1.165) is 12.1 Å². The van der Waals surface area contributed by atoms with E-state index in [-0.39, 0.29) is 0 Å². The van der Waals surface area contributed by atoms with Crippen LogP contribution < -0.4 is 0 Å². The van der Waals surface area contributed by atoms with E-state index in [1.54, 1.807) is 0 Å². The quantitative estimate of drug-likeness (QED) is 0.749. The molecule has 1 aliphatic rings. The number of nitrogens with zero attached hydrogens (tertiary/aromatic N) is 1. The van der Waals surface area contributed by atoms with Crippen LogP contribution in [0.2, 0.25) is 0 Å². The summed E-state index contributed by atoms with van der Waals surface area (Å²) in [7, 11) is 0. The van der Waals surface area contributed by atoms with Gasteiger partial charge >= 0.3 is 0 Å². The van der Waals surface area contributed by atoms with Crippen LogP contribution in [-0.4, -0.2) is 4.98 Å². The minimum Gasteiger partial charge on any atom is -0.256 e. The van der Waals surface area contributed by atoms with Crippen LogP contribution in [0.25, 0.3) is 11.1 Å². The number of benzene rings is 1. The highest BCUT2D eigenvalue weighted by molar-refractivity contribution is 5.85. The number of aryl methyl sites for hydroxylation is 1. The first-order valence-corrected chi connectivity index (χ1v) is 7.14. The largest absolute Gasteiger partial charge is 0.256 e. The summed E-state index contributed by atoms with van der Waals surface area (Å²) in [5.41, 5.74) is 6.33. The molecule has 1 aromatic carbocycles. The van der Waals surface area contributed by atoms with Gasteiger partial charge in [-0.2, -0.15) is 0 Å². The zero-order valence-electron chi connectivity index (χ0n) is 12.0. The minimum absolute atomic E-state index is 0.548. The molecule has 1 nitrogen and oxygen atoms in total. The van der Waals surface area contributed by atoms with Crippen LogP contribution >= 0.6 is 0 Å². The number of hydrogen-bond donors (Lipinski definition) is 0. The van der Waals surface area contributed by atoms with E-state index in [4.69, 9.17) is 0 Å². The SMILES string of the molecule is Cc1cccnc1C1=CC(c2ccccc2)=CC(C)C1. The molecule has 0 amide bonds. The average molecular weight is 261 g/mol. The smallest absolute Gasteiger partial charge is 0.0691 e. The number of allylic oxidation sites excluding steroid dienone is 4. The second-order valence-corrected chi connectivity index (χ2v) is 5.51. The third kappa shape index (κ3) is 2.57. The molecule has 100 valence electrons. The summed E-state index contributed by atoms with van der Waals surface area (Å²) >= 11 is 0. The van der Waals surface area contributed by atoms with Gasteiger partial charge in [-0.05, 0) is 53.7 Å². The molecule has 3 rings (SSSR count). The van der Waals surface area contributed by atoms with E-state index in [1.807, 2.05) is 12.3 Å². The lowest BCUT2D eigenvalue weighted by Crippen LogP contribution is -2.03. The Labute approximate surface area is 120 Å². The fraction of sp³-hybridized carbons (Fsp3) is 0.211. The van der Waals surface area contributed by atoms with E-state index in [1.165, 1.54) is 22.3 Å². The van der Waals surface area contributed by atoms with Crippen molar-refractivity contribution in [1.82, 2.24) is 4.98 Å². The first kappa shape index (κ1) is 12.9. The maximum atomic E-state index is 4.57. The summed E-state index contributed by atoms with van der Waals surface area (Å²) in [6.07, 6.45) is 7.60. The van der Waals surface area contributed by atoms with E-state index >= 15 is 0 Å². The Balaban J connectivity index is 2.04. The van der Waals surface area contributed by atoms with Crippen LogP contribution in [0, 0.1) is 12.8 Å². The molecule has 0 fully saturated rings. The molecule has 0 bridgehead atoms. The Hall–Kier alpha value is -2.15. The number of hydrogen-bond acceptors (Lipinski definition) is 1. The molecule has 2 aromatic rings. The average Bonchev–Trinajstić information content (AvgIpc) is 2.48. The lowest BCUT2D eigenvalue weighted by Gasteiger charge is -2.20. The molecule has 0 saturated heterocycles. The molecule has 1 aliphatic carbocycles. The maximum Gasteiger partial charge on any atom is 0.0691 e. The maximum absolute atomic E-state index is 4.57. The van der Waals surface area contributed by atoms with Gasteiger partial charge in [0.25, 0.3) is 0 Å². The molecule has 0 radical (unpaired) electrons. The predicted octanol–water partition coefficient (Wildman–Crippen LogP) is 4.90. The van der Waals surface area contributed by atoms with Gasteiger partial charge in [-0.25, -0.2) is 0 Å². The van der Waals surface area contributed by atoms with Crippen molar-refractivity contribution < 1.29 is 0 Å². The standard InChI is InChI=1S/C19H19N/c1-14-11-17(16-8-4-3-5-9-16)13-18(12-14)19-15(2)7-6-10-20-19/h3-11,13-14H,12H2,1-2H3. The highest BCUT2D eigenvalue weighted by Gasteiger charge is 2.16. The molecule has 1 aromatic heterocycles. The van der Waals surface area contributed by atoms with Crippen LogP contribution in [0.5, 0.6) is 0 Å². The van der Waals surface area contributed by atoms with Crippen LogP contribution in [0.3, 0.4) is 0 Å². The fourth-order valence-corrected chi connectivity index (χ4v) is 2.80. The third-order valence-electron chi connectivity index (χ3n) is 3.76. The molecule has 0 spiro atoms. The van der Waals surface area contributed by atoms with Crippen molar-refractivity contribution in [2.75, 3.05) is 0 Å². The summed E-state index contributed by atoms with van der Waals surface area (Å²) < 4.78 is 0. The van der Waals surface area contributed by atoms with Crippen molar-refractivity contribution in [3.05, 3.63) is 77.6 Å². The molecule has 0 saturated carbocycles. The Morgan fingerprint density at radius 1 is 1.05 bits per heavy atom. The zero-order chi connectivity index (χ0) is 13.9. The van der Waals surface area contributed by atoms with Crippen molar-refractivity contribution in [3.8, 4) is 0 Å². The Bertz CT molecular complexity index is 665. The van der Waals surface area contributed by atoms with Crippen LogP contribution in [-0.2, 0) is 0 Å². The number of pyridine rings is 1. The molecular formula is C19H19N. The molecule has 1 heteroatoms. The summed E-state index contributed by atoms with van der Waals surface area (Å²) in [6.45, 7) is 4.41. The third-order valence-corrected chi connectivity index (χ3v) is 3.76. The number of aromatic nitrogens is 1. The number of rotatable bonds is 2. The molecule has 0 N–H and O–H groups in total. The summed E-state index contributed by atoms with van der Waals surface area (Å²) in [4.78, 5) is 4.57. The first-order chi connectivity index (χ1) is 9.74. The van der Waals surface area contributed by atoms with Crippen molar-refractivity contribution >= 4 is 11.1 Å². The second-order valence-electron chi connectivity index (χ2n) is 5.51. The predicted molar refractivity (Wildman–Crippen MR) is 85.2 cm³/mol. The zero-order valence-corrected chi connectivity index (χ0v) is 12.0. The van der Waals surface area contributed by atoms with Gasteiger partial charge in [-0.15, -0.1) is 0 Å². The monoisotopic (exact) mass is 261 g/mol. The van der Waals surface area contributed by atoms with Gasteiger partial charge < -0.3 is 0 Å². The summed E-state index contributed by atoms with van der Waals surface area (Å²) in [5.74, 6) is 0.548. The van der Waals surface area contributed by atoms with Gasteiger partial charge in [-0.1, -0.05) is 49.4 Å². The molecule has 1 unspecified atom stereocenters.